The molecule has 3 heterocycles. The zero-order valence-corrected chi connectivity index (χ0v) is 21.5. The monoisotopic (exact) mass is 524 g/mol. The first-order valence-corrected chi connectivity index (χ1v) is 13.9. The number of thiophene rings is 1. The molecule has 2 atom stereocenters. The number of carbonyl (C=O) groups is 1. The lowest BCUT2D eigenvalue weighted by Gasteiger charge is -2.34. The molecular formula is C23H26ClFN4O3S2. The van der Waals surface area contributed by atoms with Crippen molar-refractivity contribution in [2.75, 3.05) is 31.3 Å². The number of hydrogen-bond donors (Lipinski definition) is 0. The van der Waals surface area contributed by atoms with Crippen molar-refractivity contribution >= 4 is 44.7 Å². The van der Waals surface area contributed by atoms with E-state index < -0.39 is 27.7 Å². The van der Waals surface area contributed by atoms with E-state index in [1.807, 2.05) is 13.0 Å². The van der Waals surface area contributed by atoms with Crippen LogP contribution in [0.5, 0.6) is 0 Å². The number of aromatic nitrogens is 2. The van der Waals surface area contributed by atoms with E-state index >= 15 is 4.39 Å². The summed E-state index contributed by atoms with van der Waals surface area (Å²) in [6, 6.07) is 12.2. The Bertz CT molecular complexity index is 1290. The molecule has 4 rings (SSSR count). The minimum Gasteiger partial charge on any atom is -0.352 e. The Morgan fingerprint density at radius 3 is 2.59 bits per heavy atom. The van der Waals surface area contributed by atoms with Crippen molar-refractivity contribution in [3.05, 3.63) is 68.8 Å². The molecule has 0 saturated carbocycles. The molecule has 1 fully saturated rings. The Labute approximate surface area is 207 Å². The first-order valence-electron chi connectivity index (χ1n) is 10.8. The normalized spacial score (nSPS) is 19.3. The first kappa shape index (κ1) is 24.8. The largest absolute Gasteiger partial charge is 0.352 e. The summed E-state index contributed by atoms with van der Waals surface area (Å²) in [5, 5.41) is 4.45. The molecule has 0 spiro atoms. The number of halogens is 2. The van der Waals surface area contributed by atoms with E-state index in [0.29, 0.717) is 29.4 Å². The summed E-state index contributed by atoms with van der Waals surface area (Å²) in [4.78, 5) is 15.9. The lowest BCUT2D eigenvalue weighted by molar-refractivity contribution is 0.0945. The van der Waals surface area contributed by atoms with Gasteiger partial charge in [0, 0.05) is 36.5 Å². The van der Waals surface area contributed by atoms with E-state index in [1.54, 1.807) is 48.3 Å². The summed E-state index contributed by atoms with van der Waals surface area (Å²) in [5.74, 6) is -1.51. The first-order chi connectivity index (χ1) is 16.1. The smallest absolute Gasteiger partial charge is 0.280 e. The van der Waals surface area contributed by atoms with Gasteiger partial charge in [0.15, 0.2) is 11.6 Å². The third-order valence-electron chi connectivity index (χ3n) is 6.17. The van der Waals surface area contributed by atoms with Gasteiger partial charge in [0.05, 0.1) is 17.1 Å². The highest BCUT2D eigenvalue weighted by Gasteiger charge is 2.37. The molecule has 7 nitrogen and oxygen atoms in total. The third-order valence-corrected chi connectivity index (χ3v) is 8.65. The molecule has 2 unspecified atom stereocenters. The minimum atomic E-state index is -3.43. The second-order valence-electron chi connectivity index (χ2n) is 8.66. The molecule has 0 bridgehead atoms. The molecule has 0 amide bonds. The zero-order chi connectivity index (χ0) is 24.6. The zero-order valence-electron chi connectivity index (χ0n) is 19.1. The Hall–Kier alpha value is -2.27. The quantitative estimate of drug-likeness (QED) is 0.476. The molecule has 2 aromatic heterocycles. The lowest BCUT2D eigenvalue weighted by atomic mass is 9.85. The molecular weight excluding hydrogens is 499 g/mol. The van der Waals surface area contributed by atoms with Crippen LogP contribution in [0.1, 0.15) is 40.2 Å². The van der Waals surface area contributed by atoms with Gasteiger partial charge in [-0.1, -0.05) is 36.7 Å². The molecule has 0 radical (unpaired) electrons. The number of benzene rings is 1. The maximum Gasteiger partial charge on any atom is 0.280 e. The maximum absolute atomic E-state index is 16.0. The Kier molecular flexibility index (Phi) is 7.14. The SMILES string of the molecule is CC1CCN(S(C)(=O)=O)CC1c1nn(C(=O)c2ccccc2)c(N(C)Cc2ccc(Cl)s2)c1F. The van der Waals surface area contributed by atoms with Crippen LogP contribution in [0.2, 0.25) is 4.34 Å². The van der Waals surface area contributed by atoms with E-state index in [9.17, 15) is 13.2 Å². The van der Waals surface area contributed by atoms with Gasteiger partial charge < -0.3 is 4.90 Å². The van der Waals surface area contributed by atoms with Gasteiger partial charge in [-0.2, -0.15) is 9.78 Å². The molecule has 182 valence electrons. The van der Waals surface area contributed by atoms with Gasteiger partial charge in [0.2, 0.25) is 10.0 Å². The van der Waals surface area contributed by atoms with Crippen molar-refractivity contribution in [1.82, 2.24) is 14.1 Å². The lowest BCUT2D eigenvalue weighted by Crippen LogP contribution is -2.42. The minimum absolute atomic E-state index is 0.00284. The second kappa shape index (κ2) is 9.77. The molecule has 1 aromatic carbocycles. The van der Waals surface area contributed by atoms with E-state index in [4.69, 9.17) is 11.6 Å². The number of nitrogens with zero attached hydrogens (tertiary/aromatic N) is 4. The number of carbonyl (C=O) groups excluding carboxylic acids is 1. The van der Waals surface area contributed by atoms with E-state index in [0.717, 1.165) is 15.8 Å². The highest BCUT2D eigenvalue weighted by molar-refractivity contribution is 7.88. The van der Waals surface area contributed by atoms with Crippen LogP contribution in [0, 0.1) is 11.7 Å². The molecule has 1 saturated heterocycles. The van der Waals surface area contributed by atoms with Gasteiger partial charge in [-0.3, -0.25) is 4.79 Å². The number of piperidine rings is 1. The van der Waals surface area contributed by atoms with Gasteiger partial charge in [-0.05, 0) is 36.6 Å². The predicted molar refractivity (Wildman–Crippen MR) is 133 cm³/mol. The number of anilines is 1. The maximum atomic E-state index is 16.0. The van der Waals surface area contributed by atoms with Crippen LogP contribution in [0.3, 0.4) is 0 Å². The van der Waals surface area contributed by atoms with Crippen molar-refractivity contribution in [3.63, 3.8) is 0 Å². The third kappa shape index (κ3) is 5.05. The Morgan fingerprint density at radius 2 is 1.97 bits per heavy atom. The summed E-state index contributed by atoms with van der Waals surface area (Å²) in [7, 11) is -1.74. The summed E-state index contributed by atoms with van der Waals surface area (Å²) < 4.78 is 43.5. The molecule has 0 aliphatic carbocycles. The summed E-state index contributed by atoms with van der Waals surface area (Å²) in [5.41, 5.74) is 0.482. The van der Waals surface area contributed by atoms with Crippen molar-refractivity contribution in [3.8, 4) is 0 Å². The second-order valence-corrected chi connectivity index (χ2v) is 12.4. The molecule has 1 aliphatic heterocycles. The standard InChI is InChI=1S/C23H26ClFN4O3S2/c1-15-11-12-28(34(3,31)32)14-18(15)21-20(25)22(27(2)13-17-9-10-19(24)33-17)29(26-21)23(30)16-7-5-4-6-8-16/h4-10,15,18H,11-14H2,1-3H3. The van der Waals surface area contributed by atoms with Crippen LogP contribution in [0.4, 0.5) is 10.2 Å². The van der Waals surface area contributed by atoms with Crippen molar-refractivity contribution in [1.29, 1.82) is 0 Å². The average molecular weight is 525 g/mol. The van der Waals surface area contributed by atoms with Crippen LogP contribution < -0.4 is 4.90 Å². The topological polar surface area (TPSA) is 75.5 Å². The van der Waals surface area contributed by atoms with Crippen molar-refractivity contribution in [2.45, 2.75) is 25.8 Å². The average Bonchev–Trinajstić information content (AvgIpc) is 3.35. The van der Waals surface area contributed by atoms with E-state index in [1.165, 1.54) is 15.6 Å². The van der Waals surface area contributed by atoms with Gasteiger partial charge >= 0.3 is 0 Å². The fourth-order valence-corrected chi connectivity index (χ4v) is 6.27. The number of hydrogen-bond acceptors (Lipinski definition) is 6. The van der Waals surface area contributed by atoms with Gasteiger partial charge in [0.1, 0.15) is 5.69 Å². The predicted octanol–water partition coefficient (Wildman–Crippen LogP) is 4.45. The highest BCUT2D eigenvalue weighted by atomic mass is 35.5. The Balaban J connectivity index is 1.78. The highest BCUT2D eigenvalue weighted by Crippen LogP contribution is 2.37. The van der Waals surface area contributed by atoms with Crippen LogP contribution in [0.15, 0.2) is 42.5 Å². The van der Waals surface area contributed by atoms with Crippen LogP contribution in [-0.2, 0) is 16.6 Å². The van der Waals surface area contributed by atoms with Crippen molar-refractivity contribution in [2.24, 2.45) is 5.92 Å². The van der Waals surface area contributed by atoms with Crippen LogP contribution >= 0.6 is 22.9 Å². The van der Waals surface area contributed by atoms with E-state index in [-0.39, 0.29) is 24.0 Å². The number of rotatable bonds is 6. The molecule has 3 aromatic rings. The Morgan fingerprint density at radius 1 is 1.26 bits per heavy atom. The van der Waals surface area contributed by atoms with Crippen LogP contribution in [0.25, 0.3) is 0 Å². The fourth-order valence-electron chi connectivity index (χ4n) is 4.26. The summed E-state index contributed by atoms with van der Waals surface area (Å²) >= 11 is 7.43. The molecule has 0 N–H and O–H groups in total. The van der Waals surface area contributed by atoms with Gasteiger partial charge in [0.25, 0.3) is 5.91 Å². The van der Waals surface area contributed by atoms with Gasteiger partial charge in [-0.15, -0.1) is 11.3 Å². The molecule has 11 heteroatoms. The molecule has 34 heavy (non-hydrogen) atoms. The van der Waals surface area contributed by atoms with E-state index in [2.05, 4.69) is 5.10 Å². The van der Waals surface area contributed by atoms with Gasteiger partial charge in [-0.25, -0.2) is 17.1 Å². The molecule has 1 aliphatic rings. The van der Waals surface area contributed by atoms with Crippen LogP contribution in [-0.4, -0.2) is 54.8 Å². The summed E-state index contributed by atoms with van der Waals surface area (Å²) in [6.07, 6.45) is 1.73. The number of sulfonamides is 1. The fraction of sp³-hybridized carbons (Fsp3) is 0.391. The van der Waals surface area contributed by atoms with Crippen molar-refractivity contribution < 1.29 is 17.6 Å². The summed E-state index contributed by atoms with van der Waals surface area (Å²) in [6.45, 7) is 2.79.